The molecular formula is C6H16N2. The average molecular weight is 116 g/mol. The first-order chi connectivity index (χ1) is 3.68. The van der Waals surface area contributed by atoms with Crippen molar-refractivity contribution in [1.82, 2.24) is 5.32 Å². The molecule has 0 amide bonds. The lowest BCUT2D eigenvalue weighted by Crippen LogP contribution is -2.40. The van der Waals surface area contributed by atoms with E-state index in [1.807, 2.05) is 6.92 Å². The average Bonchev–Trinajstić information content (AvgIpc) is 1.67. The van der Waals surface area contributed by atoms with Crippen LogP contribution in [0.4, 0.5) is 0 Å². The van der Waals surface area contributed by atoms with Crippen molar-refractivity contribution >= 4 is 0 Å². The highest BCUT2D eigenvalue weighted by Gasteiger charge is 2.02. The van der Waals surface area contributed by atoms with E-state index in [2.05, 4.69) is 19.2 Å². The zero-order valence-corrected chi connectivity index (χ0v) is 5.94. The minimum atomic E-state index is 0.259. The molecule has 0 aromatic rings. The molecule has 50 valence electrons. The molecule has 3 N–H and O–H groups in total. The fourth-order valence-corrected chi connectivity index (χ4v) is 0.508. The highest BCUT2D eigenvalue weighted by Crippen LogP contribution is 1.84. The van der Waals surface area contributed by atoms with Crippen molar-refractivity contribution in [2.24, 2.45) is 5.73 Å². The molecule has 1 unspecified atom stereocenters. The van der Waals surface area contributed by atoms with Crippen LogP contribution in [0.2, 0.25) is 0 Å². The van der Waals surface area contributed by atoms with Gasteiger partial charge >= 0.3 is 0 Å². The monoisotopic (exact) mass is 116 g/mol. The van der Waals surface area contributed by atoms with Crippen LogP contribution in [-0.4, -0.2) is 18.6 Å². The Hall–Kier alpha value is -0.0800. The fraction of sp³-hybridized carbons (Fsp3) is 1.00. The molecule has 0 aromatic heterocycles. The maximum Gasteiger partial charge on any atom is 0.0187 e. The van der Waals surface area contributed by atoms with Gasteiger partial charge in [0.2, 0.25) is 0 Å². The van der Waals surface area contributed by atoms with E-state index < -0.39 is 0 Å². The summed E-state index contributed by atoms with van der Waals surface area (Å²) in [5, 5.41) is 3.22. The summed E-state index contributed by atoms with van der Waals surface area (Å²) in [6.45, 7) is 7.18. The Bertz CT molecular complexity index is 52.5. The molecule has 0 bridgehead atoms. The highest BCUT2D eigenvalue weighted by molar-refractivity contribution is 4.68. The lowest BCUT2D eigenvalue weighted by Gasteiger charge is -2.15. The lowest BCUT2D eigenvalue weighted by molar-refractivity contribution is 0.491. The van der Waals surface area contributed by atoms with Crippen LogP contribution in [0, 0.1) is 0 Å². The quantitative estimate of drug-likeness (QED) is 0.557. The van der Waals surface area contributed by atoms with Gasteiger partial charge in [0.25, 0.3) is 0 Å². The zero-order chi connectivity index (χ0) is 6.57. The van der Waals surface area contributed by atoms with Crippen molar-refractivity contribution in [3.8, 4) is 0 Å². The van der Waals surface area contributed by atoms with E-state index >= 15 is 0 Å². The summed E-state index contributed by atoms with van der Waals surface area (Å²) in [7, 11) is 0. The molecule has 0 saturated carbocycles. The van der Waals surface area contributed by atoms with Crippen molar-refractivity contribution in [1.29, 1.82) is 0 Å². The number of nitrogens with one attached hydrogen (secondary N) is 1. The maximum atomic E-state index is 5.56. The Morgan fingerprint density at radius 3 is 2.12 bits per heavy atom. The standard InChI is InChI=1S/C6H16N2/c1-4-8-6(3)5(2)7/h5-6,8H,4,7H2,1-3H3/t5?,6-/m0/s1. The third kappa shape index (κ3) is 2.99. The molecule has 2 heteroatoms. The Kier molecular flexibility index (Phi) is 3.83. The molecule has 0 aliphatic rings. The SMILES string of the molecule is CCN[C@@H](C)C(C)N. The molecular weight excluding hydrogens is 100 g/mol. The third-order valence-corrected chi connectivity index (χ3v) is 1.31. The van der Waals surface area contributed by atoms with Crippen LogP contribution in [0.25, 0.3) is 0 Å². The van der Waals surface area contributed by atoms with Gasteiger partial charge in [-0.3, -0.25) is 0 Å². The number of hydrogen-bond acceptors (Lipinski definition) is 2. The van der Waals surface area contributed by atoms with E-state index in [1.54, 1.807) is 0 Å². The second-order valence-corrected chi connectivity index (χ2v) is 2.21. The van der Waals surface area contributed by atoms with Crippen LogP contribution in [-0.2, 0) is 0 Å². The van der Waals surface area contributed by atoms with Gasteiger partial charge in [-0.1, -0.05) is 6.92 Å². The van der Waals surface area contributed by atoms with Crippen LogP contribution in [0.15, 0.2) is 0 Å². The predicted octanol–water partition coefficient (Wildman–Crippen LogP) is 0.332. The van der Waals surface area contributed by atoms with Crippen LogP contribution < -0.4 is 11.1 Å². The minimum Gasteiger partial charge on any atom is -0.327 e. The van der Waals surface area contributed by atoms with Gasteiger partial charge < -0.3 is 11.1 Å². The first-order valence-electron chi connectivity index (χ1n) is 3.17. The first-order valence-corrected chi connectivity index (χ1v) is 3.17. The normalized spacial score (nSPS) is 18.0. The summed E-state index contributed by atoms with van der Waals surface area (Å²) in [5.74, 6) is 0. The van der Waals surface area contributed by atoms with Crippen LogP contribution in [0.3, 0.4) is 0 Å². The predicted molar refractivity (Wildman–Crippen MR) is 36.8 cm³/mol. The molecule has 8 heavy (non-hydrogen) atoms. The van der Waals surface area contributed by atoms with Gasteiger partial charge in [0.05, 0.1) is 0 Å². The highest BCUT2D eigenvalue weighted by atomic mass is 14.9. The molecule has 0 aliphatic heterocycles. The Labute approximate surface area is 51.5 Å². The molecule has 2 nitrogen and oxygen atoms in total. The second kappa shape index (κ2) is 3.87. The van der Waals surface area contributed by atoms with E-state index in [9.17, 15) is 0 Å². The molecule has 0 saturated heterocycles. The van der Waals surface area contributed by atoms with Crippen molar-refractivity contribution < 1.29 is 0 Å². The van der Waals surface area contributed by atoms with Gasteiger partial charge in [-0.2, -0.15) is 0 Å². The fourth-order valence-electron chi connectivity index (χ4n) is 0.508. The largest absolute Gasteiger partial charge is 0.327 e. The van der Waals surface area contributed by atoms with Crippen molar-refractivity contribution in [2.75, 3.05) is 6.54 Å². The van der Waals surface area contributed by atoms with Crippen molar-refractivity contribution in [2.45, 2.75) is 32.9 Å². The summed E-state index contributed by atoms with van der Waals surface area (Å²) in [5.41, 5.74) is 5.56. The smallest absolute Gasteiger partial charge is 0.0187 e. The van der Waals surface area contributed by atoms with Gasteiger partial charge in [0.15, 0.2) is 0 Å². The van der Waals surface area contributed by atoms with E-state index in [4.69, 9.17) is 5.73 Å². The van der Waals surface area contributed by atoms with Crippen LogP contribution in [0.5, 0.6) is 0 Å². The molecule has 0 heterocycles. The van der Waals surface area contributed by atoms with Crippen molar-refractivity contribution in [3.05, 3.63) is 0 Å². The summed E-state index contributed by atoms with van der Waals surface area (Å²) < 4.78 is 0. The minimum absolute atomic E-state index is 0.259. The summed E-state index contributed by atoms with van der Waals surface area (Å²) >= 11 is 0. The van der Waals surface area contributed by atoms with Crippen LogP contribution >= 0.6 is 0 Å². The van der Waals surface area contributed by atoms with Gasteiger partial charge in [-0.25, -0.2) is 0 Å². The Morgan fingerprint density at radius 1 is 1.50 bits per heavy atom. The summed E-state index contributed by atoms with van der Waals surface area (Å²) in [6.07, 6.45) is 0. The molecule has 0 rings (SSSR count). The maximum absolute atomic E-state index is 5.56. The van der Waals surface area contributed by atoms with Crippen molar-refractivity contribution in [3.63, 3.8) is 0 Å². The molecule has 2 atom stereocenters. The van der Waals surface area contributed by atoms with Gasteiger partial charge in [-0.15, -0.1) is 0 Å². The number of nitrogens with two attached hydrogens (primary N) is 1. The first kappa shape index (κ1) is 7.92. The number of likely N-dealkylation sites (N-methyl/N-ethyl adjacent to an activating group) is 1. The second-order valence-electron chi connectivity index (χ2n) is 2.21. The molecule has 0 fully saturated rings. The van der Waals surface area contributed by atoms with E-state index in [0.717, 1.165) is 6.54 Å². The molecule has 0 spiro atoms. The van der Waals surface area contributed by atoms with Crippen LogP contribution in [0.1, 0.15) is 20.8 Å². The molecule has 0 aromatic carbocycles. The van der Waals surface area contributed by atoms with Gasteiger partial charge in [-0.05, 0) is 20.4 Å². The van der Waals surface area contributed by atoms with Gasteiger partial charge in [0, 0.05) is 12.1 Å². The summed E-state index contributed by atoms with van der Waals surface area (Å²) in [4.78, 5) is 0. The van der Waals surface area contributed by atoms with E-state index in [-0.39, 0.29) is 6.04 Å². The Morgan fingerprint density at radius 2 is 2.00 bits per heavy atom. The molecule has 0 radical (unpaired) electrons. The number of hydrogen-bond donors (Lipinski definition) is 2. The topological polar surface area (TPSA) is 38.0 Å². The summed E-state index contributed by atoms with van der Waals surface area (Å²) in [6, 6.07) is 0.704. The van der Waals surface area contributed by atoms with E-state index in [1.165, 1.54) is 0 Å². The lowest BCUT2D eigenvalue weighted by atomic mass is 10.2. The Balaban J connectivity index is 3.17. The van der Waals surface area contributed by atoms with E-state index in [0.29, 0.717) is 6.04 Å². The van der Waals surface area contributed by atoms with Gasteiger partial charge in [0.1, 0.15) is 0 Å². The molecule has 0 aliphatic carbocycles. The zero-order valence-electron chi connectivity index (χ0n) is 5.94. The third-order valence-electron chi connectivity index (χ3n) is 1.31. The number of rotatable bonds is 3.